The van der Waals surface area contributed by atoms with Gasteiger partial charge in [-0.15, -0.1) is 0 Å². The van der Waals surface area contributed by atoms with Crippen molar-refractivity contribution in [3.05, 3.63) is 76.6 Å². The number of hydrogen-bond acceptors (Lipinski definition) is 3. The number of piperidine rings is 1. The van der Waals surface area contributed by atoms with Gasteiger partial charge in [0.2, 0.25) is 0 Å². The summed E-state index contributed by atoms with van der Waals surface area (Å²) >= 11 is 0. The number of aryl methyl sites for hydroxylation is 2. The Hall–Kier alpha value is -2.92. The maximum Gasteiger partial charge on any atom is 0.259 e. The molecule has 2 aromatic carbocycles. The summed E-state index contributed by atoms with van der Waals surface area (Å²) < 4.78 is 1.97. The molecule has 31 heavy (non-hydrogen) atoms. The lowest BCUT2D eigenvalue weighted by Crippen LogP contribution is -2.29. The Labute approximate surface area is 184 Å². The van der Waals surface area contributed by atoms with Crippen LogP contribution >= 0.6 is 0 Å². The van der Waals surface area contributed by atoms with E-state index in [4.69, 9.17) is 0 Å². The average molecular weight is 417 g/mol. The summed E-state index contributed by atoms with van der Waals surface area (Å²) in [5, 5.41) is 11.2. The molecular formula is C26H32N4O. The molecule has 2 N–H and O–H groups in total. The van der Waals surface area contributed by atoms with Crippen LogP contribution in [-0.4, -0.2) is 28.8 Å². The van der Waals surface area contributed by atoms with E-state index in [-0.39, 0.29) is 5.91 Å². The van der Waals surface area contributed by atoms with Gasteiger partial charge in [-0.2, -0.15) is 5.10 Å². The molecular weight excluding hydrogens is 384 g/mol. The van der Waals surface area contributed by atoms with E-state index in [1.54, 1.807) is 6.20 Å². The van der Waals surface area contributed by atoms with Gasteiger partial charge in [-0.25, -0.2) is 4.68 Å². The van der Waals surface area contributed by atoms with Crippen LogP contribution in [0.2, 0.25) is 0 Å². The van der Waals surface area contributed by atoms with Crippen LogP contribution in [0.5, 0.6) is 0 Å². The largest absolute Gasteiger partial charge is 0.322 e. The van der Waals surface area contributed by atoms with Gasteiger partial charge >= 0.3 is 0 Å². The van der Waals surface area contributed by atoms with E-state index in [2.05, 4.69) is 59.9 Å². The zero-order valence-electron chi connectivity index (χ0n) is 18.9. The molecule has 2 heterocycles. The molecule has 1 aromatic heterocycles. The first-order valence-corrected chi connectivity index (χ1v) is 11.2. The lowest BCUT2D eigenvalue weighted by molar-refractivity contribution is 0.102. The summed E-state index contributed by atoms with van der Waals surface area (Å²) in [7, 11) is 0. The fourth-order valence-electron chi connectivity index (χ4n) is 4.29. The van der Waals surface area contributed by atoms with Crippen molar-refractivity contribution >= 4 is 11.6 Å². The average Bonchev–Trinajstić information content (AvgIpc) is 3.22. The molecule has 1 fully saturated rings. The molecule has 0 unspecified atom stereocenters. The third kappa shape index (κ3) is 4.57. The minimum absolute atomic E-state index is 0.0905. The van der Waals surface area contributed by atoms with Gasteiger partial charge in [0.05, 0.1) is 23.1 Å². The topological polar surface area (TPSA) is 59.0 Å². The number of rotatable bonds is 5. The number of aromatic nitrogens is 2. The molecule has 162 valence electrons. The van der Waals surface area contributed by atoms with Crippen LogP contribution in [0.25, 0.3) is 5.69 Å². The predicted octanol–water partition coefficient (Wildman–Crippen LogP) is 5.33. The van der Waals surface area contributed by atoms with Crippen LogP contribution in [0.15, 0.2) is 48.7 Å². The summed E-state index contributed by atoms with van der Waals surface area (Å²) in [4.78, 5) is 13.3. The lowest BCUT2D eigenvalue weighted by Gasteiger charge is -2.25. The molecule has 1 aliphatic heterocycles. The zero-order chi connectivity index (χ0) is 22.0. The summed E-state index contributed by atoms with van der Waals surface area (Å²) in [6.45, 7) is 10.4. The number of benzene rings is 2. The van der Waals surface area contributed by atoms with Gasteiger partial charge in [-0.05, 0) is 80.6 Å². The predicted molar refractivity (Wildman–Crippen MR) is 126 cm³/mol. The maximum absolute atomic E-state index is 13.3. The number of carbonyl (C=O) groups excluding carboxylic acids is 1. The van der Waals surface area contributed by atoms with Crippen molar-refractivity contribution in [2.75, 3.05) is 18.4 Å². The molecule has 0 radical (unpaired) electrons. The van der Waals surface area contributed by atoms with Crippen molar-refractivity contribution in [3.8, 4) is 5.69 Å². The Morgan fingerprint density at radius 1 is 1.10 bits per heavy atom. The third-order valence-corrected chi connectivity index (χ3v) is 6.22. The van der Waals surface area contributed by atoms with Crippen molar-refractivity contribution in [3.63, 3.8) is 0 Å². The number of anilines is 1. The second-order valence-electron chi connectivity index (χ2n) is 8.90. The minimum Gasteiger partial charge on any atom is -0.322 e. The van der Waals surface area contributed by atoms with Crippen LogP contribution in [0.3, 0.4) is 0 Å². The van der Waals surface area contributed by atoms with E-state index in [0.29, 0.717) is 17.4 Å². The van der Waals surface area contributed by atoms with Gasteiger partial charge in [0, 0.05) is 11.6 Å². The van der Waals surface area contributed by atoms with E-state index >= 15 is 0 Å². The summed E-state index contributed by atoms with van der Waals surface area (Å²) in [6.07, 6.45) is 3.73. The second kappa shape index (κ2) is 9.06. The van der Waals surface area contributed by atoms with Crippen LogP contribution in [0.4, 0.5) is 5.69 Å². The second-order valence-corrected chi connectivity index (χ2v) is 8.90. The Balaban J connectivity index is 1.72. The Kier molecular flexibility index (Phi) is 6.23. The third-order valence-electron chi connectivity index (χ3n) is 6.22. The SMILES string of the molecule is Cc1ccc(C)c(NC(=O)c2cnn(-c3ccc(C(C)C)cc3)c2C2CCNCC2)c1. The normalized spacial score (nSPS) is 14.7. The van der Waals surface area contributed by atoms with Gasteiger partial charge in [-0.3, -0.25) is 4.79 Å². The molecule has 1 amide bonds. The highest BCUT2D eigenvalue weighted by Crippen LogP contribution is 2.31. The standard InChI is InChI=1S/C26H32N4O/c1-17(2)20-7-9-22(10-8-20)30-25(21-11-13-27-14-12-21)23(16-28-30)26(31)29-24-15-18(3)5-6-19(24)4/h5-10,15-17,21,27H,11-14H2,1-4H3,(H,29,31). The van der Waals surface area contributed by atoms with Crippen molar-refractivity contribution in [1.29, 1.82) is 0 Å². The smallest absolute Gasteiger partial charge is 0.259 e. The fraction of sp³-hybridized carbons (Fsp3) is 0.385. The molecule has 5 nitrogen and oxygen atoms in total. The molecule has 0 saturated carbocycles. The molecule has 5 heteroatoms. The molecule has 4 rings (SSSR count). The molecule has 0 aliphatic carbocycles. The van der Waals surface area contributed by atoms with Crippen molar-refractivity contribution in [2.45, 2.75) is 52.4 Å². The van der Waals surface area contributed by atoms with Gasteiger partial charge in [0.25, 0.3) is 5.91 Å². The Morgan fingerprint density at radius 2 is 1.81 bits per heavy atom. The number of carbonyl (C=O) groups is 1. The molecule has 3 aromatic rings. The minimum atomic E-state index is -0.0905. The van der Waals surface area contributed by atoms with E-state index < -0.39 is 0 Å². The van der Waals surface area contributed by atoms with Crippen LogP contribution < -0.4 is 10.6 Å². The van der Waals surface area contributed by atoms with E-state index in [9.17, 15) is 4.79 Å². The summed E-state index contributed by atoms with van der Waals surface area (Å²) in [6, 6.07) is 14.7. The molecule has 1 saturated heterocycles. The zero-order valence-corrected chi connectivity index (χ0v) is 18.9. The highest BCUT2D eigenvalue weighted by Gasteiger charge is 2.27. The quantitative estimate of drug-likeness (QED) is 0.591. The van der Waals surface area contributed by atoms with Crippen LogP contribution in [0, 0.1) is 13.8 Å². The van der Waals surface area contributed by atoms with E-state index in [1.807, 2.05) is 30.7 Å². The first kappa shape index (κ1) is 21.3. The highest BCUT2D eigenvalue weighted by molar-refractivity contribution is 6.05. The Morgan fingerprint density at radius 3 is 2.48 bits per heavy atom. The first-order valence-electron chi connectivity index (χ1n) is 11.2. The maximum atomic E-state index is 13.3. The Bertz CT molecular complexity index is 1060. The van der Waals surface area contributed by atoms with Crippen molar-refractivity contribution < 1.29 is 4.79 Å². The van der Waals surface area contributed by atoms with Crippen molar-refractivity contribution in [1.82, 2.24) is 15.1 Å². The lowest BCUT2D eigenvalue weighted by atomic mass is 9.91. The molecule has 1 aliphatic rings. The van der Waals surface area contributed by atoms with E-state index in [1.165, 1.54) is 5.56 Å². The molecule has 0 bridgehead atoms. The highest BCUT2D eigenvalue weighted by atomic mass is 16.1. The van der Waals surface area contributed by atoms with Crippen LogP contribution in [-0.2, 0) is 0 Å². The first-order chi connectivity index (χ1) is 14.9. The number of amides is 1. The number of nitrogens with one attached hydrogen (secondary N) is 2. The summed E-state index contributed by atoms with van der Waals surface area (Å²) in [5.74, 6) is 0.689. The fourth-order valence-corrected chi connectivity index (χ4v) is 4.29. The molecule has 0 atom stereocenters. The summed E-state index contributed by atoms with van der Waals surface area (Å²) in [5.41, 5.74) is 7.02. The van der Waals surface area contributed by atoms with Gasteiger partial charge in [-0.1, -0.05) is 38.1 Å². The monoisotopic (exact) mass is 416 g/mol. The molecule has 0 spiro atoms. The van der Waals surface area contributed by atoms with Crippen LogP contribution in [0.1, 0.15) is 71.3 Å². The number of nitrogens with zero attached hydrogens (tertiary/aromatic N) is 2. The van der Waals surface area contributed by atoms with Crippen molar-refractivity contribution in [2.24, 2.45) is 0 Å². The van der Waals surface area contributed by atoms with Gasteiger partial charge < -0.3 is 10.6 Å². The number of hydrogen-bond donors (Lipinski definition) is 2. The van der Waals surface area contributed by atoms with E-state index in [0.717, 1.165) is 54.1 Å². The van der Waals surface area contributed by atoms with Gasteiger partial charge in [0.1, 0.15) is 0 Å². The van der Waals surface area contributed by atoms with Gasteiger partial charge in [0.15, 0.2) is 0 Å².